The van der Waals surface area contributed by atoms with Crippen LogP contribution in [0.3, 0.4) is 0 Å². The minimum Gasteiger partial charge on any atom is -0.339 e. The summed E-state index contributed by atoms with van der Waals surface area (Å²) in [6, 6.07) is 13.2. The molecule has 0 aliphatic carbocycles. The Labute approximate surface area is 143 Å². The molecule has 0 saturated heterocycles. The van der Waals surface area contributed by atoms with Crippen LogP contribution < -0.4 is 4.72 Å². The molecule has 2 aromatic rings. The maximum absolute atomic E-state index is 12.5. The van der Waals surface area contributed by atoms with Crippen LogP contribution in [0.4, 0.5) is 5.69 Å². The Kier molecular flexibility index (Phi) is 5.62. The normalized spacial score (nSPS) is 11.1. The number of hydrogen-bond acceptors (Lipinski definition) is 3. The molecule has 128 valence electrons. The van der Waals surface area contributed by atoms with Crippen LogP contribution in [-0.4, -0.2) is 32.3 Å². The van der Waals surface area contributed by atoms with Gasteiger partial charge in [-0.05, 0) is 50.6 Å². The molecule has 0 heterocycles. The molecule has 1 N–H and O–H groups in total. The van der Waals surface area contributed by atoms with E-state index in [-0.39, 0.29) is 10.8 Å². The number of carbonyl (C=O) groups is 1. The summed E-state index contributed by atoms with van der Waals surface area (Å²) in [5.74, 6) is -0.111. The molecule has 0 spiro atoms. The quantitative estimate of drug-likeness (QED) is 0.873. The van der Waals surface area contributed by atoms with E-state index in [1.165, 1.54) is 12.1 Å². The summed E-state index contributed by atoms with van der Waals surface area (Å²) >= 11 is 0. The maximum atomic E-state index is 12.5. The lowest BCUT2D eigenvalue weighted by atomic mass is 10.1. The van der Waals surface area contributed by atoms with Gasteiger partial charge in [-0.25, -0.2) is 8.42 Å². The van der Waals surface area contributed by atoms with E-state index in [2.05, 4.69) is 4.72 Å². The van der Waals surface area contributed by atoms with E-state index in [0.29, 0.717) is 24.3 Å². The number of amides is 1. The third kappa shape index (κ3) is 3.94. The SMILES string of the molecule is CCN(CC)C(=O)c1ccc(C)c(NS(=O)(=O)c2ccccc2)c1. The molecule has 1 amide bonds. The van der Waals surface area contributed by atoms with Gasteiger partial charge in [0.1, 0.15) is 0 Å². The number of nitrogens with one attached hydrogen (secondary N) is 1. The van der Waals surface area contributed by atoms with Crippen LogP contribution in [0.2, 0.25) is 0 Å². The van der Waals surface area contributed by atoms with E-state index < -0.39 is 10.0 Å². The number of aryl methyl sites for hydroxylation is 1. The van der Waals surface area contributed by atoms with Gasteiger partial charge < -0.3 is 4.90 Å². The summed E-state index contributed by atoms with van der Waals surface area (Å²) < 4.78 is 27.5. The van der Waals surface area contributed by atoms with E-state index >= 15 is 0 Å². The average Bonchev–Trinajstić information content (AvgIpc) is 2.58. The first-order valence-electron chi connectivity index (χ1n) is 7.86. The summed E-state index contributed by atoms with van der Waals surface area (Å²) in [4.78, 5) is 14.3. The van der Waals surface area contributed by atoms with Gasteiger partial charge in [-0.2, -0.15) is 0 Å². The number of rotatable bonds is 6. The highest BCUT2D eigenvalue weighted by Gasteiger charge is 2.18. The maximum Gasteiger partial charge on any atom is 0.261 e. The second-order valence-electron chi connectivity index (χ2n) is 5.43. The van der Waals surface area contributed by atoms with Crippen LogP contribution in [0.1, 0.15) is 29.8 Å². The molecule has 0 aliphatic heterocycles. The Bertz CT molecular complexity index is 813. The molecule has 0 radical (unpaired) electrons. The van der Waals surface area contributed by atoms with Crippen molar-refractivity contribution in [3.8, 4) is 0 Å². The largest absolute Gasteiger partial charge is 0.339 e. The molecule has 24 heavy (non-hydrogen) atoms. The molecule has 0 unspecified atom stereocenters. The van der Waals surface area contributed by atoms with E-state index in [1.807, 2.05) is 13.8 Å². The van der Waals surface area contributed by atoms with Crippen molar-refractivity contribution in [3.63, 3.8) is 0 Å². The second kappa shape index (κ2) is 7.49. The number of benzene rings is 2. The first kappa shape index (κ1) is 18.0. The van der Waals surface area contributed by atoms with Crippen LogP contribution in [0, 0.1) is 6.92 Å². The zero-order valence-electron chi connectivity index (χ0n) is 14.1. The van der Waals surface area contributed by atoms with E-state index in [9.17, 15) is 13.2 Å². The van der Waals surface area contributed by atoms with Crippen molar-refractivity contribution in [2.45, 2.75) is 25.7 Å². The summed E-state index contributed by atoms with van der Waals surface area (Å²) in [6.07, 6.45) is 0. The Morgan fingerprint density at radius 3 is 2.25 bits per heavy atom. The van der Waals surface area contributed by atoms with Crippen molar-refractivity contribution in [2.75, 3.05) is 17.8 Å². The van der Waals surface area contributed by atoms with Gasteiger partial charge in [0.2, 0.25) is 0 Å². The van der Waals surface area contributed by atoms with Gasteiger partial charge in [-0.1, -0.05) is 24.3 Å². The van der Waals surface area contributed by atoms with Gasteiger partial charge in [0, 0.05) is 18.7 Å². The highest BCUT2D eigenvalue weighted by Crippen LogP contribution is 2.22. The van der Waals surface area contributed by atoms with Crippen molar-refractivity contribution in [1.29, 1.82) is 0 Å². The first-order chi connectivity index (χ1) is 11.4. The van der Waals surface area contributed by atoms with Gasteiger partial charge in [0.25, 0.3) is 15.9 Å². The number of anilines is 1. The Hall–Kier alpha value is -2.34. The van der Waals surface area contributed by atoms with Crippen LogP contribution in [0.15, 0.2) is 53.4 Å². The molecular formula is C18H22N2O3S. The van der Waals surface area contributed by atoms with Gasteiger partial charge >= 0.3 is 0 Å². The Morgan fingerprint density at radius 2 is 1.67 bits per heavy atom. The van der Waals surface area contributed by atoms with Crippen LogP contribution in [0.5, 0.6) is 0 Å². The van der Waals surface area contributed by atoms with Crippen LogP contribution >= 0.6 is 0 Å². The molecule has 0 atom stereocenters. The summed E-state index contributed by atoms with van der Waals surface area (Å²) in [5.41, 5.74) is 1.64. The molecule has 0 aliphatic rings. The molecule has 6 heteroatoms. The van der Waals surface area contributed by atoms with E-state index in [0.717, 1.165) is 5.56 Å². The molecule has 2 rings (SSSR count). The van der Waals surface area contributed by atoms with Gasteiger partial charge in [-0.15, -0.1) is 0 Å². The fourth-order valence-corrected chi connectivity index (χ4v) is 3.50. The standard InChI is InChI=1S/C18H22N2O3S/c1-4-20(5-2)18(21)15-12-11-14(3)17(13-15)19-24(22,23)16-9-7-6-8-10-16/h6-13,19H,4-5H2,1-3H3. The minimum atomic E-state index is -3.68. The fourth-order valence-electron chi connectivity index (χ4n) is 2.36. The Balaban J connectivity index is 2.35. The van der Waals surface area contributed by atoms with Crippen molar-refractivity contribution in [3.05, 3.63) is 59.7 Å². The first-order valence-corrected chi connectivity index (χ1v) is 9.35. The number of carbonyl (C=O) groups excluding carboxylic acids is 1. The Morgan fingerprint density at radius 1 is 1.04 bits per heavy atom. The zero-order valence-corrected chi connectivity index (χ0v) is 14.9. The molecular weight excluding hydrogens is 324 g/mol. The smallest absolute Gasteiger partial charge is 0.261 e. The summed E-state index contributed by atoms with van der Waals surface area (Å²) in [7, 11) is -3.68. The monoisotopic (exact) mass is 346 g/mol. The predicted octanol–water partition coefficient (Wildman–Crippen LogP) is 3.28. The molecule has 0 saturated carbocycles. The topological polar surface area (TPSA) is 66.5 Å². The summed E-state index contributed by atoms with van der Waals surface area (Å²) in [6.45, 7) is 6.83. The molecule has 0 fully saturated rings. The van der Waals surface area contributed by atoms with Crippen molar-refractivity contribution < 1.29 is 13.2 Å². The summed E-state index contributed by atoms with van der Waals surface area (Å²) in [5, 5.41) is 0. The molecule has 2 aromatic carbocycles. The third-order valence-corrected chi connectivity index (χ3v) is 5.21. The second-order valence-corrected chi connectivity index (χ2v) is 7.11. The van der Waals surface area contributed by atoms with Gasteiger partial charge in [-0.3, -0.25) is 9.52 Å². The lowest BCUT2D eigenvalue weighted by Crippen LogP contribution is -2.30. The van der Waals surface area contributed by atoms with E-state index in [1.54, 1.807) is 48.2 Å². The van der Waals surface area contributed by atoms with Crippen molar-refractivity contribution >= 4 is 21.6 Å². The third-order valence-electron chi connectivity index (χ3n) is 3.83. The van der Waals surface area contributed by atoms with Gasteiger partial charge in [0.05, 0.1) is 10.6 Å². The number of nitrogens with zero attached hydrogens (tertiary/aromatic N) is 1. The van der Waals surface area contributed by atoms with Crippen LogP contribution in [-0.2, 0) is 10.0 Å². The lowest BCUT2D eigenvalue weighted by Gasteiger charge is -2.19. The van der Waals surface area contributed by atoms with Crippen molar-refractivity contribution in [1.82, 2.24) is 4.90 Å². The number of sulfonamides is 1. The fraction of sp³-hybridized carbons (Fsp3) is 0.278. The zero-order chi connectivity index (χ0) is 17.7. The van der Waals surface area contributed by atoms with Crippen LogP contribution in [0.25, 0.3) is 0 Å². The van der Waals surface area contributed by atoms with Gasteiger partial charge in [0.15, 0.2) is 0 Å². The van der Waals surface area contributed by atoms with Crippen molar-refractivity contribution in [2.24, 2.45) is 0 Å². The average molecular weight is 346 g/mol. The molecule has 0 bridgehead atoms. The molecule has 0 aromatic heterocycles. The van der Waals surface area contributed by atoms with E-state index in [4.69, 9.17) is 0 Å². The highest BCUT2D eigenvalue weighted by molar-refractivity contribution is 7.92. The predicted molar refractivity (Wildman–Crippen MR) is 95.7 cm³/mol. The highest BCUT2D eigenvalue weighted by atomic mass is 32.2. The lowest BCUT2D eigenvalue weighted by molar-refractivity contribution is 0.0773. The molecule has 5 nitrogen and oxygen atoms in total. The number of hydrogen-bond donors (Lipinski definition) is 1. The minimum absolute atomic E-state index is 0.111.